The van der Waals surface area contributed by atoms with Crippen LogP contribution < -0.4 is 16.0 Å². The number of hydrogen-bond donors (Lipinski definition) is 1. The van der Waals surface area contributed by atoms with Gasteiger partial charge in [0, 0.05) is 36.1 Å². The van der Waals surface area contributed by atoms with Gasteiger partial charge in [-0.3, -0.25) is 4.79 Å². The summed E-state index contributed by atoms with van der Waals surface area (Å²) >= 11 is 0. The fourth-order valence-corrected chi connectivity index (χ4v) is 2.99. The summed E-state index contributed by atoms with van der Waals surface area (Å²) in [6, 6.07) is 9.11. The number of hydrogen-bond acceptors (Lipinski definition) is 3. The maximum absolute atomic E-state index is 11.6. The number of nitrogens with two attached hydrogens (primary N) is 1. The van der Waals surface area contributed by atoms with E-state index < -0.39 is 0 Å². The molecule has 2 aromatic rings. The number of benzene rings is 1. The molecule has 1 heterocycles. The standard InChI is InChI=1S/C18H22N2O2/c1-20-12-13(7-10-18(20)21)16-11-14(19)8-9-17(16)22-15-5-3-2-4-6-15/h7-12,15H,2-6,19H2,1H3. The van der Waals surface area contributed by atoms with Crippen molar-refractivity contribution in [3.05, 3.63) is 46.9 Å². The summed E-state index contributed by atoms with van der Waals surface area (Å²) in [5.41, 5.74) is 8.50. The quantitative estimate of drug-likeness (QED) is 0.884. The molecule has 0 spiro atoms. The highest BCUT2D eigenvalue weighted by molar-refractivity contribution is 5.73. The van der Waals surface area contributed by atoms with Gasteiger partial charge in [0.25, 0.3) is 0 Å². The Bertz CT molecular complexity index is 715. The second kappa shape index (κ2) is 6.26. The zero-order chi connectivity index (χ0) is 15.5. The highest BCUT2D eigenvalue weighted by Gasteiger charge is 2.17. The molecule has 0 atom stereocenters. The van der Waals surface area contributed by atoms with Gasteiger partial charge in [-0.25, -0.2) is 0 Å². The van der Waals surface area contributed by atoms with Gasteiger partial charge >= 0.3 is 0 Å². The third-order valence-electron chi connectivity index (χ3n) is 4.25. The van der Waals surface area contributed by atoms with Crippen LogP contribution in [0.25, 0.3) is 11.1 Å². The van der Waals surface area contributed by atoms with Gasteiger partial charge < -0.3 is 15.0 Å². The smallest absolute Gasteiger partial charge is 0.250 e. The first kappa shape index (κ1) is 14.7. The predicted molar refractivity (Wildman–Crippen MR) is 89.0 cm³/mol. The van der Waals surface area contributed by atoms with E-state index in [0.717, 1.165) is 29.7 Å². The Hall–Kier alpha value is -2.23. The topological polar surface area (TPSA) is 57.2 Å². The largest absolute Gasteiger partial charge is 0.490 e. The number of nitrogen functional groups attached to an aromatic ring is 1. The highest BCUT2D eigenvalue weighted by atomic mass is 16.5. The maximum Gasteiger partial charge on any atom is 0.250 e. The van der Waals surface area contributed by atoms with Gasteiger partial charge in [0.1, 0.15) is 5.75 Å². The van der Waals surface area contributed by atoms with Crippen molar-refractivity contribution in [2.45, 2.75) is 38.2 Å². The summed E-state index contributed by atoms with van der Waals surface area (Å²) in [6.07, 6.45) is 8.08. The van der Waals surface area contributed by atoms with Gasteiger partial charge in [0.15, 0.2) is 0 Å². The molecule has 1 fully saturated rings. The summed E-state index contributed by atoms with van der Waals surface area (Å²) in [5, 5.41) is 0. The second-order valence-corrected chi connectivity index (χ2v) is 6.00. The monoisotopic (exact) mass is 298 g/mol. The molecular weight excluding hydrogens is 276 g/mol. The normalized spacial score (nSPS) is 15.7. The molecule has 1 aromatic heterocycles. The van der Waals surface area contributed by atoms with Crippen molar-refractivity contribution >= 4 is 5.69 Å². The van der Waals surface area contributed by atoms with Crippen LogP contribution in [0.5, 0.6) is 5.75 Å². The lowest BCUT2D eigenvalue weighted by Crippen LogP contribution is -2.20. The number of nitrogens with zero attached hydrogens (tertiary/aromatic N) is 1. The number of aromatic nitrogens is 1. The van der Waals surface area contributed by atoms with Gasteiger partial charge in [-0.15, -0.1) is 0 Å². The number of anilines is 1. The van der Waals surface area contributed by atoms with Gasteiger partial charge in [-0.05, 0) is 49.9 Å². The molecule has 3 rings (SSSR count). The zero-order valence-electron chi connectivity index (χ0n) is 12.9. The molecule has 2 N–H and O–H groups in total. The van der Waals surface area contributed by atoms with Crippen molar-refractivity contribution in [2.75, 3.05) is 5.73 Å². The Morgan fingerprint density at radius 3 is 2.64 bits per heavy atom. The first-order chi connectivity index (χ1) is 10.6. The SMILES string of the molecule is Cn1cc(-c2cc(N)ccc2OC2CCCCC2)ccc1=O. The van der Waals surface area contributed by atoms with E-state index in [2.05, 4.69) is 0 Å². The number of aryl methyl sites for hydroxylation is 1. The van der Waals surface area contributed by atoms with E-state index in [9.17, 15) is 4.79 Å². The molecule has 0 bridgehead atoms. The Morgan fingerprint density at radius 2 is 1.91 bits per heavy atom. The molecule has 0 amide bonds. The lowest BCUT2D eigenvalue weighted by atomic mass is 9.97. The molecule has 1 aliphatic carbocycles. The van der Waals surface area contributed by atoms with E-state index in [1.807, 2.05) is 30.5 Å². The van der Waals surface area contributed by atoms with Crippen molar-refractivity contribution in [2.24, 2.45) is 7.05 Å². The molecule has 4 heteroatoms. The molecule has 1 aromatic carbocycles. The minimum absolute atomic E-state index is 0.0256. The minimum Gasteiger partial charge on any atom is -0.490 e. The number of pyridine rings is 1. The fourth-order valence-electron chi connectivity index (χ4n) is 2.99. The molecule has 0 aliphatic heterocycles. The van der Waals surface area contributed by atoms with Crippen molar-refractivity contribution in [1.82, 2.24) is 4.57 Å². The van der Waals surface area contributed by atoms with Crippen LogP contribution in [0.15, 0.2) is 41.3 Å². The van der Waals surface area contributed by atoms with Crippen LogP contribution in [0.1, 0.15) is 32.1 Å². The second-order valence-electron chi connectivity index (χ2n) is 6.00. The van der Waals surface area contributed by atoms with Crippen LogP contribution in [-0.2, 0) is 7.05 Å². The summed E-state index contributed by atoms with van der Waals surface area (Å²) in [4.78, 5) is 11.6. The fraction of sp³-hybridized carbons (Fsp3) is 0.389. The van der Waals surface area contributed by atoms with Crippen LogP contribution in [0.2, 0.25) is 0 Å². The average molecular weight is 298 g/mol. The van der Waals surface area contributed by atoms with Gasteiger partial charge in [-0.1, -0.05) is 6.42 Å². The Balaban J connectivity index is 1.96. The summed E-state index contributed by atoms with van der Waals surface area (Å²) in [5.74, 6) is 0.847. The van der Waals surface area contributed by atoms with E-state index in [-0.39, 0.29) is 11.7 Å². The molecule has 0 radical (unpaired) electrons. The molecule has 4 nitrogen and oxygen atoms in total. The average Bonchev–Trinajstić information content (AvgIpc) is 2.53. The Morgan fingerprint density at radius 1 is 1.14 bits per heavy atom. The number of rotatable bonds is 3. The van der Waals surface area contributed by atoms with Crippen LogP contribution in [0, 0.1) is 0 Å². The van der Waals surface area contributed by atoms with Crippen LogP contribution in [0.4, 0.5) is 5.69 Å². The third-order valence-corrected chi connectivity index (χ3v) is 4.25. The molecular formula is C18H22N2O2. The predicted octanol–water partition coefficient (Wildman–Crippen LogP) is 3.35. The van der Waals surface area contributed by atoms with E-state index >= 15 is 0 Å². The summed E-state index contributed by atoms with van der Waals surface area (Å²) < 4.78 is 7.80. The number of ether oxygens (including phenoxy) is 1. The van der Waals surface area contributed by atoms with Crippen LogP contribution in [-0.4, -0.2) is 10.7 Å². The Labute approximate surface area is 130 Å². The van der Waals surface area contributed by atoms with Crippen molar-refractivity contribution in [1.29, 1.82) is 0 Å². The van der Waals surface area contributed by atoms with Gasteiger partial charge in [0.2, 0.25) is 5.56 Å². The summed E-state index contributed by atoms with van der Waals surface area (Å²) in [6.45, 7) is 0. The Kier molecular flexibility index (Phi) is 4.18. The third kappa shape index (κ3) is 3.16. The molecule has 116 valence electrons. The maximum atomic E-state index is 11.6. The zero-order valence-corrected chi connectivity index (χ0v) is 12.9. The molecule has 0 unspecified atom stereocenters. The first-order valence-electron chi connectivity index (χ1n) is 7.87. The summed E-state index contributed by atoms with van der Waals surface area (Å²) in [7, 11) is 1.75. The highest BCUT2D eigenvalue weighted by Crippen LogP contribution is 2.34. The van der Waals surface area contributed by atoms with Crippen molar-refractivity contribution in [3.8, 4) is 16.9 Å². The van der Waals surface area contributed by atoms with E-state index in [1.165, 1.54) is 19.3 Å². The van der Waals surface area contributed by atoms with Crippen LogP contribution in [0.3, 0.4) is 0 Å². The lowest BCUT2D eigenvalue weighted by molar-refractivity contribution is 0.156. The van der Waals surface area contributed by atoms with Gasteiger partial charge in [-0.2, -0.15) is 0 Å². The molecule has 1 aliphatic rings. The molecule has 0 saturated heterocycles. The van der Waals surface area contributed by atoms with E-state index in [0.29, 0.717) is 5.69 Å². The molecule has 22 heavy (non-hydrogen) atoms. The first-order valence-corrected chi connectivity index (χ1v) is 7.87. The lowest BCUT2D eigenvalue weighted by Gasteiger charge is -2.24. The van der Waals surface area contributed by atoms with Crippen molar-refractivity contribution in [3.63, 3.8) is 0 Å². The molecule has 1 saturated carbocycles. The van der Waals surface area contributed by atoms with Crippen LogP contribution >= 0.6 is 0 Å². The minimum atomic E-state index is -0.0256. The van der Waals surface area contributed by atoms with E-state index in [1.54, 1.807) is 17.7 Å². The van der Waals surface area contributed by atoms with E-state index in [4.69, 9.17) is 10.5 Å². The van der Waals surface area contributed by atoms with Gasteiger partial charge in [0.05, 0.1) is 6.10 Å². The van der Waals surface area contributed by atoms with Crippen molar-refractivity contribution < 1.29 is 4.74 Å².